The average Bonchev–Trinajstić information content (AvgIpc) is 2.18. The molecule has 1 aromatic carbocycles. The second-order valence-corrected chi connectivity index (χ2v) is 3.46. The zero-order chi connectivity index (χ0) is 10.6. The molecule has 0 saturated carbocycles. The van der Waals surface area contributed by atoms with Crippen LogP contribution in [0.2, 0.25) is 0 Å². The topological polar surface area (TPSA) is 15.3 Å². The summed E-state index contributed by atoms with van der Waals surface area (Å²) in [5, 5.41) is 3.08. The van der Waals surface area contributed by atoms with E-state index in [0.717, 1.165) is 18.8 Å². The van der Waals surface area contributed by atoms with Crippen molar-refractivity contribution in [3.8, 4) is 0 Å². The van der Waals surface area contributed by atoms with Gasteiger partial charge < -0.3 is 10.2 Å². The van der Waals surface area contributed by atoms with E-state index in [1.807, 2.05) is 20.2 Å². The molecule has 0 aliphatic carbocycles. The highest BCUT2D eigenvalue weighted by Crippen LogP contribution is 2.16. The third-order valence-corrected chi connectivity index (χ3v) is 2.28. The van der Waals surface area contributed by atoms with Gasteiger partial charge in [0.2, 0.25) is 0 Å². The van der Waals surface area contributed by atoms with Crippen molar-refractivity contribution in [2.45, 2.75) is 6.92 Å². The molecular weight excluding hydrogens is 179 g/mol. The Hall–Kier alpha value is -1.09. The van der Waals surface area contributed by atoms with Crippen molar-refractivity contribution in [3.05, 3.63) is 29.6 Å². The number of rotatable bonds is 4. The highest BCUT2D eigenvalue weighted by Gasteiger charge is 2.02. The number of nitrogens with one attached hydrogen (secondary N) is 1. The van der Waals surface area contributed by atoms with Crippen LogP contribution in [0, 0.1) is 12.7 Å². The lowest BCUT2D eigenvalue weighted by molar-refractivity contribution is 0.618. The van der Waals surface area contributed by atoms with Gasteiger partial charge in [-0.15, -0.1) is 0 Å². The van der Waals surface area contributed by atoms with Gasteiger partial charge in [0, 0.05) is 25.8 Å². The van der Waals surface area contributed by atoms with Crippen molar-refractivity contribution in [2.24, 2.45) is 0 Å². The summed E-state index contributed by atoms with van der Waals surface area (Å²) in [4.78, 5) is 2.10. The first-order valence-electron chi connectivity index (χ1n) is 4.77. The number of hydrogen-bond donors (Lipinski definition) is 1. The maximum Gasteiger partial charge on any atom is 0.126 e. The zero-order valence-electron chi connectivity index (χ0n) is 8.97. The smallest absolute Gasteiger partial charge is 0.126 e. The summed E-state index contributed by atoms with van der Waals surface area (Å²) < 4.78 is 13.0. The van der Waals surface area contributed by atoms with Crippen LogP contribution >= 0.6 is 0 Å². The Bertz CT molecular complexity index is 299. The minimum atomic E-state index is -0.143. The number of nitrogens with zero attached hydrogens (tertiary/aromatic N) is 1. The molecule has 0 bridgehead atoms. The lowest BCUT2D eigenvalue weighted by Gasteiger charge is -2.19. The van der Waals surface area contributed by atoms with E-state index in [-0.39, 0.29) is 5.82 Å². The summed E-state index contributed by atoms with van der Waals surface area (Å²) in [6.45, 7) is 3.62. The van der Waals surface area contributed by atoms with Crippen LogP contribution < -0.4 is 10.2 Å². The van der Waals surface area contributed by atoms with Gasteiger partial charge in [0.1, 0.15) is 5.82 Å². The first kappa shape index (κ1) is 11.0. The van der Waals surface area contributed by atoms with Gasteiger partial charge >= 0.3 is 0 Å². The number of anilines is 1. The molecule has 0 heterocycles. The van der Waals surface area contributed by atoms with Gasteiger partial charge in [-0.25, -0.2) is 4.39 Å². The van der Waals surface area contributed by atoms with Crippen molar-refractivity contribution in [1.82, 2.24) is 5.32 Å². The highest BCUT2D eigenvalue weighted by atomic mass is 19.1. The van der Waals surface area contributed by atoms with Gasteiger partial charge in [0.05, 0.1) is 0 Å². The Labute approximate surface area is 84.7 Å². The normalized spacial score (nSPS) is 10.3. The first-order chi connectivity index (χ1) is 6.65. The minimum absolute atomic E-state index is 0.143. The lowest BCUT2D eigenvalue weighted by atomic mass is 10.2. The number of halogens is 1. The molecule has 3 heteroatoms. The van der Waals surface area contributed by atoms with Crippen molar-refractivity contribution in [1.29, 1.82) is 0 Å². The molecule has 0 aromatic heterocycles. The Morgan fingerprint density at radius 2 is 2.14 bits per heavy atom. The molecule has 0 aliphatic rings. The molecule has 14 heavy (non-hydrogen) atoms. The predicted molar refractivity (Wildman–Crippen MR) is 58.3 cm³/mol. The number of aryl methyl sites for hydroxylation is 1. The van der Waals surface area contributed by atoms with Crippen LogP contribution in [0.25, 0.3) is 0 Å². The Kier molecular flexibility index (Phi) is 3.89. The summed E-state index contributed by atoms with van der Waals surface area (Å²) in [5.41, 5.74) is 1.75. The zero-order valence-corrected chi connectivity index (χ0v) is 8.97. The third kappa shape index (κ3) is 2.70. The van der Waals surface area contributed by atoms with E-state index < -0.39 is 0 Å². The minimum Gasteiger partial charge on any atom is -0.373 e. The van der Waals surface area contributed by atoms with Gasteiger partial charge in [-0.2, -0.15) is 0 Å². The molecule has 1 N–H and O–H groups in total. The summed E-state index contributed by atoms with van der Waals surface area (Å²) in [6.07, 6.45) is 0. The SMILES string of the molecule is CNCCN(C)c1ccc(F)c(C)c1. The summed E-state index contributed by atoms with van der Waals surface area (Å²) >= 11 is 0. The molecule has 0 radical (unpaired) electrons. The van der Waals surface area contributed by atoms with Gasteiger partial charge in [-0.1, -0.05) is 0 Å². The van der Waals surface area contributed by atoms with Crippen LogP contribution in [-0.2, 0) is 0 Å². The third-order valence-electron chi connectivity index (χ3n) is 2.28. The molecule has 0 fully saturated rings. The molecule has 0 unspecified atom stereocenters. The largest absolute Gasteiger partial charge is 0.373 e. The van der Waals surface area contributed by atoms with Crippen molar-refractivity contribution in [3.63, 3.8) is 0 Å². The molecule has 2 nitrogen and oxygen atoms in total. The van der Waals surface area contributed by atoms with Crippen molar-refractivity contribution in [2.75, 3.05) is 32.1 Å². The van der Waals surface area contributed by atoms with E-state index in [1.54, 1.807) is 13.0 Å². The molecule has 0 amide bonds. The molecule has 1 rings (SSSR count). The second-order valence-electron chi connectivity index (χ2n) is 3.46. The van der Waals surface area contributed by atoms with Crippen molar-refractivity contribution < 1.29 is 4.39 Å². The fourth-order valence-electron chi connectivity index (χ4n) is 1.27. The highest BCUT2D eigenvalue weighted by molar-refractivity contribution is 5.48. The van der Waals surface area contributed by atoms with Crippen molar-refractivity contribution >= 4 is 5.69 Å². The predicted octanol–water partition coefficient (Wildman–Crippen LogP) is 1.79. The first-order valence-corrected chi connectivity index (χ1v) is 4.77. The summed E-state index contributed by atoms with van der Waals surface area (Å²) in [5.74, 6) is -0.143. The van der Waals surface area contributed by atoms with E-state index in [2.05, 4.69) is 10.2 Å². The van der Waals surface area contributed by atoms with Crippen LogP contribution in [0.5, 0.6) is 0 Å². The van der Waals surface area contributed by atoms with E-state index in [9.17, 15) is 4.39 Å². The molecule has 0 saturated heterocycles. The summed E-state index contributed by atoms with van der Waals surface area (Å²) in [7, 11) is 3.92. The standard InChI is InChI=1S/C11H17FN2/c1-9-8-10(4-5-11(9)12)14(3)7-6-13-2/h4-5,8,13H,6-7H2,1-3H3. The molecule has 1 aromatic rings. The Morgan fingerprint density at radius 1 is 1.43 bits per heavy atom. The van der Waals surface area contributed by atoms with Crippen LogP contribution in [0.15, 0.2) is 18.2 Å². The van der Waals surface area contributed by atoms with Crippen LogP contribution in [0.3, 0.4) is 0 Å². The molecular formula is C11H17FN2. The van der Waals surface area contributed by atoms with Gasteiger partial charge in [0.25, 0.3) is 0 Å². The number of benzene rings is 1. The van der Waals surface area contributed by atoms with Gasteiger partial charge in [-0.3, -0.25) is 0 Å². The molecule has 0 atom stereocenters. The van der Waals surface area contributed by atoms with E-state index in [4.69, 9.17) is 0 Å². The van der Waals surface area contributed by atoms with Crippen LogP contribution in [0.4, 0.5) is 10.1 Å². The van der Waals surface area contributed by atoms with Crippen LogP contribution in [-0.4, -0.2) is 27.2 Å². The fourth-order valence-corrected chi connectivity index (χ4v) is 1.27. The lowest BCUT2D eigenvalue weighted by Crippen LogP contribution is -2.27. The van der Waals surface area contributed by atoms with E-state index in [1.165, 1.54) is 6.07 Å². The quantitative estimate of drug-likeness (QED) is 0.789. The number of hydrogen-bond acceptors (Lipinski definition) is 2. The number of likely N-dealkylation sites (N-methyl/N-ethyl adjacent to an activating group) is 2. The van der Waals surface area contributed by atoms with Gasteiger partial charge in [0.15, 0.2) is 0 Å². The fraction of sp³-hybridized carbons (Fsp3) is 0.455. The Morgan fingerprint density at radius 3 is 2.71 bits per heavy atom. The Balaban J connectivity index is 2.70. The maximum absolute atomic E-state index is 13.0. The maximum atomic E-state index is 13.0. The van der Waals surface area contributed by atoms with E-state index >= 15 is 0 Å². The van der Waals surface area contributed by atoms with Crippen LogP contribution in [0.1, 0.15) is 5.56 Å². The second kappa shape index (κ2) is 4.96. The molecule has 0 aliphatic heterocycles. The van der Waals surface area contributed by atoms with E-state index in [0.29, 0.717) is 5.56 Å². The summed E-state index contributed by atoms with van der Waals surface area (Å²) in [6, 6.07) is 5.18. The average molecular weight is 196 g/mol. The molecule has 78 valence electrons. The monoisotopic (exact) mass is 196 g/mol. The molecule has 0 spiro atoms. The van der Waals surface area contributed by atoms with Gasteiger partial charge in [-0.05, 0) is 37.7 Å².